The smallest absolute Gasteiger partial charge is 0.191 e. The average molecular weight is 393 g/mol. The summed E-state index contributed by atoms with van der Waals surface area (Å²) in [4.78, 5) is 8.41. The van der Waals surface area contributed by atoms with E-state index in [1.165, 1.54) is 11.8 Å². The van der Waals surface area contributed by atoms with E-state index in [1.54, 1.807) is 6.07 Å². The Morgan fingerprint density at radius 3 is 2.83 bits per heavy atom. The van der Waals surface area contributed by atoms with Crippen LogP contribution >= 0.6 is 46.0 Å². The first-order valence-electron chi connectivity index (χ1n) is 4.99. The Bertz CT molecular complexity index is 579. The largest absolute Gasteiger partial charge is 0.383 e. The van der Waals surface area contributed by atoms with Gasteiger partial charge in [0.25, 0.3) is 0 Å². The van der Waals surface area contributed by atoms with Gasteiger partial charge >= 0.3 is 0 Å². The maximum absolute atomic E-state index is 6.11. The topological polar surface area (TPSA) is 63.8 Å². The van der Waals surface area contributed by atoms with E-state index < -0.39 is 0 Å². The molecule has 18 heavy (non-hydrogen) atoms. The van der Waals surface area contributed by atoms with Crippen molar-refractivity contribution < 1.29 is 0 Å². The number of nitrogen functional groups attached to an aromatic ring is 1. The summed E-state index contributed by atoms with van der Waals surface area (Å²) in [6.45, 7) is 0. The molecule has 0 bridgehead atoms. The molecule has 0 saturated heterocycles. The SMILES string of the molecule is CSc1nc(N)cc(Nc2cc(I)ccc2Cl)n1. The number of hydrogen-bond acceptors (Lipinski definition) is 5. The molecule has 0 aliphatic carbocycles. The molecule has 7 heteroatoms. The summed E-state index contributed by atoms with van der Waals surface area (Å²) in [6, 6.07) is 7.40. The maximum Gasteiger partial charge on any atom is 0.191 e. The van der Waals surface area contributed by atoms with Crippen LogP contribution in [0.3, 0.4) is 0 Å². The highest BCUT2D eigenvalue weighted by Crippen LogP contribution is 2.27. The Morgan fingerprint density at radius 1 is 1.33 bits per heavy atom. The molecule has 4 nitrogen and oxygen atoms in total. The first-order valence-corrected chi connectivity index (χ1v) is 7.67. The van der Waals surface area contributed by atoms with Crippen molar-refractivity contribution in [1.82, 2.24) is 9.97 Å². The molecule has 0 saturated carbocycles. The molecule has 0 aliphatic rings. The molecule has 0 radical (unpaired) electrons. The summed E-state index contributed by atoms with van der Waals surface area (Å²) in [6.07, 6.45) is 1.90. The summed E-state index contributed by atoms with van der Waals surface area (Å²) in [5.74, 6) is 1.06. The van der Waals surface area contributed by atoms with Gasteiger partial charge in [-0.15, -0.1) is 0 Å². The van der Waals surface area contributed by atoms with Crippen molar-refractivity contribution in [2.75, 3.05) is 17.3 Å². The number of aromatic nitrogens is 2. The molecular formula is C11H10ClIN4S. The molecule has 0 spiro atoms. The molecule has 94 valence electrons. The Kier molecular flexibility index (Phi) is 4.52. The van der Waals surface area contributed by atoms with Crippen LogP contribution < -0.4 is 11.1 Å². The van der Waals surface area contributed by atoms with Gasteiger partial charge in [-0.1, -0.05) is 23.4 Å². The zero-order valence-corrected chi connectivity index (χ0v) is 13.2. The lowest BCUT2D eigenvalue weighted by atomic mass is 10.3. The number of halogens is 2. The number of nitrogens with two attached hydrogens (primary N) is 1. The van der Waals surface area contributed by atoms with Crippen LogP contribution in [0.25, 0.3) is 0 Å². The van der Waals surface area contributed by atoms with E-state index in [1.807, 2.05) is 24.5 Å². The molecular weight excluding hydrogens is 383 g/mol. The summed E-state index contributed by atoms with van der Waals surface area (Å²) >= 11 is 9.78. The number of thioether (sulfide) groups is 1. The van der Waals surface area contributed by atoms with Crippen molar-refractivity contribution in [3.63, 3.8) is 0 Å². The number of benzene rings is 1. The number of nitrogens with one attached hydrogen (secondary N) is 1. The monoisotopic (exact) mass is 392 g/mol. The van der Waals surface area contributed by atoms with Crippen LogP contribution in [0.4, 0.5) is 17.3 Å². The first kappa shape index (κ1) is 13.7. The average Bonchev–Trinajstić information content (AvgIpc) is 2.33. The molecule has 0 unspecified atom stereocenters. The van der Waals surface area contributed by atoms with E-state index in [0.29, 0.717) is 21.8 Å². The van der Waals surface area contributed by atoms with Gasteiger partial charge in [0.15, 0.2) is 5.16 Å². The molecule has 3 N–H and O–H groups in total. The lowest BCUT2D eigenvalue weighted by Gasteiger charge is -2.09. The molecule has 0 atom stereocenters. The van der Waals surface area contributed by atoms with Gasteiger partial charge in [0, 0.05) is 9.64 Å². The van der Waals surface area contributed by atoms with Gasteiger partial charge < -0.3 is 11.1 Å². The number of anilines is 3. The minimum absolute atomic E-state index is 0.429. The van der Waals surface area contributed by atoms with Crippen LogP contribution in [-0.4, -0.2) is 16.2 Å². The Labute approximate surface area is 128 Å². The summed E-state index contributed by atoms with van der Waals surface area (Å²) in [5, 5.41) is 4.41. The first-order chi connectivity index (χ1) is 8.58. The fourth-order valence-corrected chi connectivity index (χ4v) is 2.37. The third-order valence-electron chi connectivity index (χ3n) is 2.10. The van der Waals surface area contributed by atoms with Crippen molar-refractivity contribution in [3.05, 3.63) is 32.9 Å². The molecule has 0 fully saturated rings. The normalized spacial score (nSPS) is 10.4. The molecule has 0 aliphatic heterocycles. The van der Waals surface area contributed by atoms with E-state index in [-0.39, 0.29) is 0 Å². The number of rotatable bonds is 3. The maximum atomic E-state index is 6.11. The van der Waals surface area contributed by atoms with Gasteiger partial charge in [0.2, 0.25) is 0 Å². The van der Waals surface area contributed by atoms with Gasteiger partial charge in [-0.05, 0) is 47.0 Å². The molecule has 1 heterocycles. The zero-order chi connectivity index (χ0) is 13.1. The Morgan fingerprint density at radius 2 is 2.11 bits per heavy atom. The van der Waals surface area contributed by atoms with Gasteiger partial charge in [-0.2, -0.15) is 0 Å². The second-order valence-corrected chi connectivity index (χ2v) is 5.84. The fourth-order valence-electron chi connectivity index (χ4n) is 1.33. The van der Waals surface area contributed by atoms with Crippen LogP contribution in [-0.2, 0) is 0 Å². The summed E-state index contributed by atoms with van der Waals surface area (Å²) in [7, 11) is 0. The van der Waals surface area contributed by atoms with Crippen molar-refractivity contribution >= 4 is 63.3 Å². The number of nitrogens with zero attached hydrogens (tertiary/aromatic N) is 2. The van der Waals surface area contributed by atoms with Gasteiger partial charge in [0.1, 0.15) is 11.6 Å². The Balaban J connectivity index is 2.33. The minimum Gasteiger partial charge on any atom is -0.383 e. The molecule has 0 amide bonds. The van der Waals surface area contributed by atoms with E-state index >= 15 is 0 Å². The predicted octanol–water partition coefficient (Wildman–Crippen LogP) is 3.78. The molecule has 2 aromatic rings. The number of hydrogen-bond donors (Lipinski definition) is 2. The third-order valence-corrected chi connectivity index (χ3v) is 3.65. The van der Waals surface area contributed by atoms with E-state index in [2.05, 4.69) is 37.9 Å². The quantitative estimate of drug-likeness (QED) is 0.473. The highest BCUT2D eigenvalue weighted by atomic mass is 127. The van der Waals surface area contributed by atoms with Gasteiger partial charge in [-0.25, -0.2) is 9.97 Å². The molecule has 2 rings (SSSR count). The van der Waals surface area contributed by atoms with E-state index in [4.69, 9.17) is 17.3 Å². The second-order valence-electron chi connectivity index (χ2n) is 3.41. The van der Waals surface area contributed by atoms with Gasteiger partial charge in [-0.3, -0.25) is 0 Å². The highest BCUT2D eigenvalue weighted by molar-refractivity contribution is 14.1. The van der Waals surface area contributed by atoms with Crippen LogP contribution in [0.2, 0.25) is 5.02 Å². The highest BCUT2D eigenvalue weighted by Gasteiger charge is 2.05. The van der Waals surface area contributed by atoms with Crippen molar-refractivity contribution in [2.24, 2.45) is 0 Å². The van der Waals surface area contributed by atoms with Gasteiger partial charge in [0.05, 0.1) is 10.7 Å². The molecule has 1 aromatic carbocycles. The summed E-state index contributed by atoms with van der Waals surface area (Å²) < 4.78 is 1.09. The van der Waals surface area contributed by atoms with Crippen LogP contribution in [0.1, 0.15) is 0 Å². The molecule has 1 aromatic heterocycles. The van der Waals surface area contributed by atoms with Crippen molar-refractivity contribution in [2.45, 2.75) is 5.16 Å². The third kappa shape index (κ3) is 3.39. The zero-order valence-electron chi connectivity index (χ0n) is 9.45. The lowest BCUT2D eigenvalue weighted by Crippen LogP contribution is -2.00. The van der Waals surface area contributed by atoms with Crippen LogP contribution in [0, 0.1) is 3.57 Å². The van der Waals surface area contributed by atoms with E-state index in [0.717, 1.165) is 9.26 Å². The second kappa shape index (κ2) is 5.94. The van der Waals surface area contributed by atoms with Crippen molar-refractivity contribution in [3.8, 4) is 0 Å². The lowest BCUT2D eigenvalue weighted by molar-refractivity contribution is 0.984. The summed E-state index contributed by atoms with van der Waals surface area (Å²) in [5.41, 5.74) is 6.52. The standard InChI is InChI=1S/C11H10ClIN4S/c1-18-11-16-9(14)5-10(17-11)15-8-4-6(13)2-3-7(8)12/h2-5H,1H3,(H3,14,15,16,17). The van der Waals surface area contributed by atoms with Crippen LogP contribution in [0.5, 0.6) is 0 Å². The van der Waals surface area contributed by atoms with E-state index in [9.17, 15) is 0 Å². The minimum atomic E-state index is 0.429. The Hall–Kier alpha value is -0.730. The fraction of sp³-hybridized carbons (Fsp3) is 0.0909. The predicted molar refractivity (Wildman–Crippen MR) is 85.7 cm³/mol. The van der Waals surface area contributed by atoms with Crippen LogP contribution in [0.15, 0.2) is 29.4 Å². The van der Waals surface area contributed by atoms with Crippen molar-refractivity contribution in [1.29, 1.82) is 0 Å².